The molecule has 1 unspecified atom stereocenters. The predicted molar refractivity (Wildman–Crippen MR) is 77.9 cm³/mol. The van der Waals surface area contributed by atoms with Crippen molar-refractivity contribution in [1.29, 1.82) is 0 Å². The molecule has 1 saturated carbocycles. The quantitative estimate of drug-likeness (QED) is 0.877. The Hall–Kier alpha value is -1.45. The molecule has 1 heterocycles. The second-order valence-corrected chi connectivity index (χ2v) is 5.66. The molecule has 1 atom stereocenters. The Bertz CT molecular complexity index is 433. The van der Waals surface area contributed by atoms with E-state index in [4.69, 9.17) is 5.73 Å². The first-order valence-electron chi connectivity index (χ1n) is 7.34. The zero-order valence-electron chi connectivity index (χ0n) is 12.0. The van der Waals surface area contributed by atoms with Gasteiger partial charge in [-0.2, -0.15) is 0 Å². The molecule has 0 spiro atoms. The fourth-order valence-corrected chi connectivity index (χ4v) is 3.15. The molecule has 4 heteroatoms. The second kappa shape index (κ2) is 6.13. The van der Waals surface area contributed by atoms with Crippen LogP contribution in [0.15, 0.2) is 12.3 Å². The summed E-state index contributed by atoms with van der Waals surface area (Å²) in [4.78, 5) is 12.3. The number of nitrogens with two attached hydrogens (primary N) is 1. The van der Waals surface area contributed by atoms with Crippen molar-refractivity contribution in [2.45, 2.75) is 51.5 Å². The van der Waals surface area contributed by atoms with Crippen LogP contribution in [0.1, 0.15) is 55.9 Å². The molecule has 0 saturated heterocycles. The summed E-state index contributed by atoms with van der Waals surface area (Å²) >= 11 is 0. The highest BCUT2D eigenvalue weighted by atomic mass is 16.2. The standard InChI is InChI=1S/C15H25N3O/c1-3-13(11-7-5-4-6-8-11)17-15(19)14-9-12(16)10-18(14)2/h9-11,13H,3-8,16H2,1-2H3,(H,17,19). The molecule has 0 bridgehead atoms. The van der Waals surface area contributed by atoms with Crippen LogP contribution in [0, 0.1) is 5.92 Å². The van der Waals surface area contributed by atoms with Crippen LogP contribution in [0.3, 0.4) is 0 Å². The molecule has 0 aromatic carbocycles. The van der Waals surface area contributed by atoms with Gasteiger partial charge in [0.15, 0.2) is 0 Å². The summed E-state index contributed by atoms with van der Waals surface area (Å²) in [5.41, 5.74) is 7.01. The smallest absolute Gasteiger partial charge is 0.268 e. The van der Waals surface area contributed by atoms with E-state index in [1.54, 1.807) is 16.8 Å². The maximum absolute atomic E-state index is 12.3. The minimum atomic E-state index is -0.00313. The summed E-state index contributed by atoms with van der Waals surface area (Å²) in [6, 6.07) is 2.03. The summed E-state index contributed by atoms with van der Waals surface area (Å²) in [6.45, 7) is 2.15. The molecule has 1 aliphatic rings. The number of aryl methyl sites for hydroxylation is 1. The van der Waals surface area contributed by atoms with E-state index in [2.05, 4.69) is 12.2 Å². The maximum Gasteiger partial charge on any atom is 0.268 e. The SMILES string of the molecule is CCC(NC(=O)c1cc(N)cn1C)C1CCCCC1. The lowest BCUT2D eigenvalue weighted by atomic mass is 9.83. The average molecular weight is 263 g/mol. The summed E-state index contributed by atoms with van der Waals surface area (Å²) in [5.74, 6) is 0.636. The fraction of sp³-hybridized carbons (Fsp3) is 0.667. The number of amides is 1. The molecule has 1 aromatic heterocycles. The number of nitrogens with one attached hydrogen (secondary N) is 1. The molecular formula is C15H25N3O. The first-order chi connectivity index (χ1) is 9.11. The van der Waals surface area contributed by atoms with E-state index in [1.807, 2.05) is 7.05 Å². The van der Waals surface area contributed by atoms with E-state index in [0.29, 0.717) is 23.3 Å². The van der Waals surface area contributed by atoms with E-state index in [0.717, 1.165) is 6.42 Å². The largest absolute Gasteiger partial charge is 0.397 e. The van der Waals surface area contributed by atoms with Crippen LogP contribution in [0.4, 0.5) is 5.69 Å². The third-order valence-corrected chi connectivity index (χ3v) is 4.23. The van der Waals surface area contributed by atoms with Crippen LogP contribution in [-0.2, 0) is 7.05 Å². The first-order valence-corrected chi connectivity index (χ1v) is 7.34. The van der Waals surface area contributed by atoms with Crippen molar-refractivity contribution in [2.75, 3.05) is 5.73 Å². The monoisotopic (exact) mass is 263 g/mol. The Kier molecular flexibility index (Phi) is 4.51. The molecule has 1 aromatic rings. The Balaban J connectivity index is 2.01. The topological polar surface area (TPSA) is 60.1 Å². The van der Waals surface area contributed by atoms with Gasteiger partial charge in [0, 0.05) is 19.3 Å². The number of carbonyl (C=O) groups excluding carboxylic acids is 1. The van der Waals surface area contributed by atoms with Gasteiger partial charge in [-0.05, 0) is 31.2 Å². The van der Waals surface area contributed by atoms with Crippen molar-refractivity contribution in [2.24, 2.45) is 13.0 Å². The van der Waals surface area contributed by atoms with E-state index >= 15 is 0 Å². The van der Waals surface area contributed by atoms with Gasteiger partial charge in [0.2, 0.25) is 0 Å². The summed E-state index contributed by atoms with van der Waals surface area (Å²) < 4.78 is 1.79. The molecule has 3 N–H and O–H groups in total. The molecule has 1 aliphatic carbocycles. The van der Waals surface area contributed by atoms with Gasteiger partial charge in [-0.25, -0.2) is 0 Å². The van der Waals surface area contributed by atoms with E-state index < -0.39 is 0 Å². The normalized spacial score (nSPS) is 18.2. The minimum Gasteiger partial charge on any atom is -0.397 e. The molecule has 1 amide bonds. The Morgan fingerprint density at radius 1 is 1.47 bits per heavy atom. The summed E-state index contributed by atoms with van der Waals surface area (Å²) in [5, 5.41) is 3.19. The third-order valence-electron chi connectivity index (χ3n) is 4.23. The zero-order valence-corrected chi connectivity index (χ0v) is 12.0. The maximum atomic E-state index is 12.3. The van der Waals surface area contributed by atoms with Crippen LogP contribution in [0.2, 0.25) is 0 Å². The Morgan fingerprint density at radius 2 is 2.16 bits per heavy atom. The summed E-state index contributed by atoms with van der Waals surface area (Å²) in [6.07, 6.45) is 9.20. The number of anilines is 1. The lowest BCUT2D eigenvalue weighted by Gasteiger charge is -2.30. The number of aromatic nitrogens is 1. The molecule has 19 heavy (non-hydrogen) atoms. The van der Waals surface area contributed by atoms with Gasteiger partial charge in [-0.1, -0.05) is 26.2 Å². The summed E-state index contributed by atoms with van der Waals surface area (Å²) in [7, 11) is 1.85. The van der Waals surface area contributed by atoms with Gasteiger partial charge >= 0.3 is 0 Å². The van der Waals surface area contributed by atoms with Gasteiger partial charge in [0.25, 0.3) is 5.91 Å². The zero-order chi connectivity index (χ0) is 13.8. The first kappa shape index (κ1) is 14.0. The van der Waals surface area contributed by atoms with Gasteiger partial charge in [-0.15, -0.1) is 0 Å². The van der Waals surface area contributed by atoms with Gasteiger partial charge in [0.1, 0.15) is 5.69 Å². The molecule has 0 radical (unpaired) electrons. The molecule has 2 rings (SSSR count). The van der Waals surface area contributed by atoms with E-state index in [9.17, 15) is 4.79 Å². The number of nitrogens with zero attached hydrogens (tertiary/aromatic N) is 1. The highest BCUT2D eigenvalue weighted by Crippen LogP contribution is 2.27. The highest BCUT2D eigenvalue weighted by molar-refractivity contribution is 5.94. The predicted octanol–water partition coefficient (Wildman–Crippen LogP) is 2.70. The Morgan fingerprint density at radius 3 is 2.68 bits per heavy atom. The number of rotatable bonds is 4. The molecule has 1 fully saturated rings. The Labute approximate surface area is 115 Å². The van der Waals surface area contributed by atoms with Crippen LogP contribution < -0.4 is 11.1 Å². The molecule has 106 valence electrons. The number of nitrogen functional groups attached to an aromatic ring is 1. The number of hydrogen-bond donors (Lipinski definition) is 2. The van der Waals surface area contributed by atoms with Crippen molar-refractivity contribution >= 4 is 11.6 Å². The van der Waals surface area contributed by atoms with Crippen LogP contribution in [-0.4, -0.2) is 16.5 Å². The second-order valence-electron chi connectivity index (χ2n) is 5.66. The molecular weight excluding hydrogens is 238 g/mol. The fourth-order valence-electron chi connectivity index (χ4n) is 3.15. The van der Waals surface area contributed by atoms with Crippen LogP contribution in [0.25, 0.3) is 0 Å². The van der Waals surface area contributed by atoms with Crippen LogP contribution in [0.5, 0.6) is 0 Å². The van der Waals surface area contributed by atoms with Crippen molar-refractivity contribution in [3.8, 4) is 0 Å². The number of hydrogen-bond acceptors (Lipinski definition) is 2. The minimum absolute atomic E-state index is 0.00313. The van der Waals surface area contributed by atoms with Crippen LogP contribution >= 0.6 is 0 Å². The lowest BCUT2D eigenvalue weighted by molar-refractivity contribution is 0.0903. The van der Waals surface area contributed by atoms with Gasteiger partial charge < -0.3 is 15.6 Å². The van der Waals surface area contributed by atoms with Crippen molar-refractivity contribution in [3.63, 3.8) is 0 Å². The van der Waals surface area contributed by atoms with Gasteiger partial charge in [-0.3, -0.25) is 4.79 Å². The van der Waals surface area contributed by atoms with Crippen molar-refractivity contribution < 1.29 is 4.79 Å². The van der Waals surface area contributed by atoms with Gasteiger partial charge in [0.05, 0.1) is 5.69 Å². The number of carbonyl (C=O) groups is 1. The average Bonchev–Trinajstić information content (AvgIpc) is 2.76. The van der Waals surface area contributed by atoms with Crippen molar-refractivity contribution in [1.82, 2.24) is 9.88 Å². The van der Waals surface area contributed by atoms with Crippen molar-refractivity contribution in [3.05, 3.63) is 18.0 Å². The highest BCUT2D eigenvalue weighted by Gasteiger charge is 2.24. The molecule has 4 nitrogen and oxygen atoms in total. The molecule has 0 aliphatic heterocycles. The van der Waals surface area contributed by atoms with E-state index in [-0.39, 0.29) is 5.91 Å². The lowest BCUT2D eigenvalue weighted by Crippen LogP contribution is -2.41. The van der Waals surface area contributed by atoms with E-state index in [1.165, 1.54) is 32.1 Å². The third kappa shape index (κ3) is 3.31.